The van der Waals surface area contributed by atoms with Crippen molar-refractivity contribution < 1.29 is 33.4 Å². The number of nitrogens with one attached hydrogen (secondary N) is 2. The highest BCUT2D eigenvalue weighted by atomic mass is 16.5. The highest BCUT2D eigenvalue weighted by Crippen LogP contribution is 2.20. The SMILES string of the molecule is CCNC(=O)NC(=O)C(C)Oc1cc(C(=O)OCC)cc(C(=O)OCC)c1. The lowest BCUT2D eigenvalue weighted by molar-refractivity contribution is -0.126. The van der Waals surface area contributed by atoms with E-state index in [1.165, 1.54) is 25.1 Å². The minimum atomic E-state index is -1.06. The smallest absolute Gasteiger partial charge is 0.338 e. The zero-order valence-electron chi connectivity index (χ0n) is 15.8. The zero-order valence-corrected chi connectivity index (χ0v) is 15.8. The maximum absolute atomic E-state index is 12.0. The van der Waals surface area contributed by atoms with Gasteiger partial charge in [-0.15, -0.1) is 0 Å². The van der Waals surface area contributed by atoms with E-state index in [4.69, 9.17) is 14.2 Å². The Labute approximate surface area is 157 Å². The molecule has 0 saturated carbocycles. The van der Waals surface area contributed by atoms with Crippen molar-refractivity contribution in [3.8, 4) is 5.75 Å². The van der Waals surface area contributed by atoms with Gasteiger partial charge in [-0.1, -0.05) is 0 Å². The fourth-order valence-electron chi connectivity index (χ4n) is 2.01. The summed E-state index contributed by atoms with van der Waals surface area (Å²) in [5, 5.41) is 4.54. The molecule has 0 spiro atoms. The van der Waals surface area contributed by atoms with Crippen LogP contribution in [0.25, 0.3) is 0 Å². The molecule has 0 bridgehead atoms. The van der Waals surface area contributed by atoms with E-state index < -0.39 is 30.0 Å². The van der Waals surface area contributed by atoms with E-state index in [-0.39, 0.29) is 30.1 Å². The van der Waals surface area contributed by atoms with Crippen molar-refractivity contribution in [3.63, 3.8) is 0 Å². The van der Waals surface area contributed by atoms with Gasteiger partial charge in [-0.05, 0) is 45.9 Å². The molecule has 1 unspecified atom stereocenters. The Hall–Kier alpha value is -3.10. The predicted octanol–water partition coefficient (Wildman–Crippen LogP) is 1.65. The molecule has 148 valence electrons. The van der Waals surface area contributed by atoms with Gasteiger partial charge >= 0.3 is 18.0 Å². The summed E-state index contributed by atoms with van der Waals surface area (Å²) < 4.78 is 15.3. The molecular weight excluding hydrogens is 356 g/mol. The van der Waals surface area contributed by atoms with Gasteiger partial charge in [0.05, 0.1) is 24.3 Å². The second-order valence-electron chi connectivity index (χ2n) is 5.30. The van der Waals surface area contributed by atoms with Crippen molar-refractivity contribution >= 4 is 23.9 Å². The molecular formula is C18H24N2O7. The highest BCUT2D eigenvalue weighted by Gasteiger charge is 2.20. The van der Waals surface area contributed by atoms with Crippen LogP contribution in [0, 0.1) is 0 Å². The van der Waals surface area contributed by atoms with Gasteiger partial charge in [-0.25, -0.2) is 14.4 Å². The standard InChI is InChI=1S/C18H24N2O7/c1-5-19-18(24)20-15(21)11(4)27-14-9-12(16(22)25-6-2)8-13(10-14)17(23)26-7-3/h8-11H,5-7H2,1-4H3,(H2,19,20,21,24). The number of hydrogen-bond donors (Lipinski definition) is 2. The molecule has 0 aliphatic rings. The van der Waals surface area contributed by atoms with Crippen molar-refractivity contribution in [2.24, 2.45) is 0 Å². The quantitative estimate of drug-likeness (QED) is 0.658. The Morgan fingerprint density at radius 3 is 1.89 bits per heavy atom. The molecule has 0 fully saturated rings. The third kappa shape index (κ3) is 6.96. The van der Waals surface area contributed by atoms with Crippen LogP contribution in [-0.2, 0) is 14.3 Å². The first-order valence-corrected chi connectivity index (χ1v) is 8.56. The van der Waals surface area contributed by atoms with Crippen molar-refractivity contribution in [3.05, 3.63) is 29.3 Å². The van der Waals surface area contributed by atoms with Gasteiger partial charge in [-0.2, -0.15) is 0 Å². The summed E-state index contributed by atoms with van der Waals surface area (Å²) in [4.78, 5) is 47.4. The van der Waals surface area contributed by atoms with Gasteiger partial charge in [0.15, 0.2) is 6.10 Å². The summed E-state index contributed by atoms with van der Waals surface area (Å²) in [5.41, 5.74) is 0.155. The van der Waals surface area contributed by atoms with E-state index in [0.717, 1.165) is 0 Å². The van der Waals surface area contributed by atoms with Crippen molar-refractivity contribution in [1.29, 1.82) is 0 Å². The number of carbonyl (C=O) groups excluding carboxylic acids is 4. The molecule has 2 N–H and O–H groups in total. The molecule has 0 aromatic heterocycles. The second-order valence-corrected chi connectivity index (χ2v) is 5.30. The number of carbonyl (C=O) groups is 4. The highest BCUT2D eigenvalue weighted by molar-refractivity contribution is 5.97. The number of imide groups is 1. The third-order valence-electron chi connectivity index (χ3n) is 3.18. The zero-order chi connectivity index (χ0) is 20.4. The molecule has 27 heavy (non-hydrogen) atoms. The van der Waals surface area contributed by atoms with Crippen LogP contribution in [0.15, 0.2) is 18.2 Å². The maximum Gasteiger partial charge on any atom is 0.338 e. The summed E-state index contributed by atoms with van der Waals surface area (Å²) in [6.45, 7) is 7.11. The summed E-state index contributed by atoms with van der Waals surface area (Å²) in [7, 11) is 0. The van der Waals surface area contributed by atoms with Crippen LogP contribution in [0.4, 0.5) is 4.79 Å². The van der Waals surface area contributed by atoms with Gasteiger partial charge < -0.3 is 19.5 Å². The largest absolute Gasteiger partial charge is 0.481 e. The molecule has 0 heterocycles. The van der Waals surface area contributed by atoms with E-state index in [1.54, 1.807) is 20.8 Å². The number of amides is 3. The first kappa shape index (κ1) is 21.9. The number of urea groups is 1. The molecule has 3 amide bonds. The van der Waals surface area contributed by atoms with Gasteiger partial charge in [0.2, 0.25) is 0 Å². The normalized spacial score (nSPS) is 11.1. The van der Waals surface area contributed by atoms with Gasteiger partial charge in [0.25, 0.3) is 5.91 Å². The Kier molecular flexibility index (Phi) is 8.77. The van der Waals surface area contributed by atoms with Crippen LogP contribution in [0.1, 0.15) is 48.4 Å². The first-order valence-electron chi connectivity index (χ1n) is 8.56. The molecule has 1 atom stereocenters. The Bertz CT molecular complexity index is 667. The minimum absolute atomic E-state index is 0.0775. The van der Waals surface area contributed by atoms with E-state index in [0.29, 0.717) is 6.54 Å². The number of ether oxygens (including phenoxy) is 3. The number of benzene rings is 1. The summed E-state index contributed by atoms with van der Waals surface area (Å²) in [6, 6.07) is 3.36. The van der Waals surface area contributed by atoms with Crippen LogP contribution in [0.5, 0.6) is 5.75 Å². The topological polar surface area (TPSA) is 120 Å². The van der Waals surface area contributed by atoms with Gasteiger partial charge in [-0.3, -0.25) is 10.1 Å². The van der Waals surface area contributed by atoms with Crippen LogP contribution in [-0.4, -0.2) is 49.7 Å². The Morgan fingerprint density at radius 1 is 0.926 bits per heavy atom. The minimum Gasteiger partial charge on any atom is -0.481 e. The molecule has 0 radical (unpaired) electrons. The molecule has 1 aromatic carbocycles. The maximum atomic E-state index is 12.0. The van der Waals surface area contributed by atoms with Crippen LogP contribution >= 0.6 is 0 Å². The number of esters is 2. The number of hydrogen-bond acceptors (Lipinski definition) is 7. The molecule has 9 heteroatoms. The molecule has 9 nitrogen and oxygen atoms in total. The Balaban J connectivity index is 3.03. The lowest BCUT2D eigenvalue weighted by atomic mass is 10.1. The number of rotatable bonds is 8. The lowest BCUT2D eigenvalue weighted by Crippen LogP contribution is -2.45. The fraction of sp³-hybridized carbons (Fsp3) is 0.444. The van der Waals surface area contributed by atoms with Gasteiger partial charge in [0, 0.05) is 6.54 Å². The van der Waals surface area contributed by atoms with E-state index in [2.05, 4.69) is 10.6 Å². The van der Waals surface area contributed by atoms with E-state index >= 15 is 0 Å². The molecule has 1 aromatic rings. The molecule has 1 rings (SSSR count). The third-order valence-corrected chi connectivity index (χ3v) is 3.18. The summed E-state index contributed by atoms with van der Waals surface area (Å²) >= 11 is 0. The lowest BCUT2D eigenvalue weighted by Gasteiger charge is -2.16. The van der Waals surface area contributed by atoms with Crippen molar-refractivity contribution in [2.45, 2.75) is 33.8 Å². The van der Waals surface area contributed by atoms with Gasteiger partial charge in [0.1, 0.15) is 5.75 Å². The van der Waals surface area contributed by atoms with Crippen LogP contribution in [0.3, 0.4) is 0 Å². The van der Waals surface area contributed by atoms with Crippen LogP contribution in [0.2, 0.25) is 0 Å². The fourth-order valence-corrected chi connectivity index (χ4v) is 2.01. The molecule has 0 saturated heterocycles. The second kappa shape index (κ2) is 10.8. The summed E-state index contributed by atoms with van der Waals surface area (Å²) in [5.74, 6) is -1.89. The van der Waals surface area contributed by atoms with Crippen LogP contribution < -0.4 is 15.4 Å². The van der Waals surface area contributed by atoms with E-state index in [1.807, 2.05) is 0 Å². The first-order chi connectivity index (χ1) is 12.8. The van der Waals surface area contributed by atoms with Crippen molar-refractivity contribution in [2.75, 3.05) is 19.8 Å². The monoisotopic (exact) mass is 380 g/mol. The van der Waals surface area contributed by atoms with E-state index in [9.17, 15) is 19.2 Å². The average molecular weight is 380 g/mol. The summed E-state index contributed by atoms with van der Waals surface area (Å²) in [6.07, 6.45) is -1.06. The van der Waals surface area contributed by atoms with Crippen molar-refractivity contribution in [1.82, 2.24) is 10.6 Å². The average Bonchev–Trinajstić information content (AvgIpc) is 2.61. The predicted molar refractivity (Wildman–Crippen MR) is 95.7 cm³/mol. The molecule has 0 aliphatic heterocycles. The molecule has 0 aliphatic carbocycles. The Morgan fingerprint density at radius 2 is 1.44 bits per heavy atom.